The fourth-order valence-electron chi connectivity index (χ4n) is 2.49. The first-order valence-corrected chi connectivity index (χ1v) is 7.62. The van der Waals surface area contributed by atoms with Crippen LogP contribution in [0.5, 0.6) is 0 Å². The lowest BCUT2D eigenvalue weighted by Crippen LogP contribution is -2.44. The first-order chi connectivity index (χ1) is 9.08. The molecule has 0 aliphatic carbocycles. The fourth-order valence-corrected chi connectivity index (χ4v) is 3.16. The molecule has 4 heteroatoms. The number of halogens is 1. The van der Waals surface area contributed by atoms with E-state index in [1.165, 1.54) is 12.8 Å². The molecule has 1 aromatic carbocycles. The molecule has 1 unspecified atom stereocenters. The third-order valence-electron chi connectivity index (χ3n) is 3.61. The average Bonchev–Trinajstić information content (AvgIpc) is 2.39. The van der Waals surface area contributed by atoms with Gasteiger partial charge in [0.25, 0.3) is 5.91 Å². The number of amides is 1. The molecule has 1 heterocycles. The van der Waals surface area contributed by atoms with Crippen LogP contribution in [-0.2, 0) is 0 Å². The van der Waals surface area contributed by atoms with Crippen molar-refractivity contribution in [3.8, 4) is 0 Å². The molecule has 1 fully saturated rings. The highest BCUT2D eigenvalue weighted by atomic mass is 79.9. The van der Waals surface area contributed by atoms with Crippen molar-refractivity contribution < 1.29 is 4.79 Å². The van der Waals surface area contributed by atoms with Crippen molar-refractivity contribution in [2.45, 2.75) is 32.2 Å². The summed E-state index contributed by atoms with van der Waals surface area (Å²) in [6, 6.07) is 6.30. The Hall–Kier alpha value is -0.870. The lowest BCUT2D eigenvalue weighted by atomic mass is 10.0. The number of rotatable bonds is 3. The second-order valence-corrected chi connectivity index (χ2v) is 6.17. The van der Waals surface area contributed by atoms with E-state index in [4.69, 9.17) is 0 Å². The standard InChI is InChI=1S/C15H21BrN2O/c1-11-6-7-13(14(16)9-11)15(19)18(2)10-12-5-3-4-8-17-12/h6-7,9,12,17H,3-5,8,10H2,1-2H3. The molecule has 0 saturated carbocycles. The van der Waals surface area contributed by atoms with E-state index in [9.17, 15) is 4.79 Å². The Morgan fingerprint density at radius 2 is 2.26 bits per heavy atom. The Kier molecular flexibility index (Phi) is 4.99. The fraction of sp³-hybridized carbons (Fsp3) is 0.533. The van der Waals surface area contributed by atoms with E-state index in [-0.39, 0.29) is 5.91 Å². The topological polar surface area (TPSA) is 32.3 Å². The normalized spacial score (nSPS) is 19.2. The third kappa shape index (κ3) is 3.80. The molecule has 0 radical (unpaired) electrons. The number of carbonyl (C=O) groups is 1. The van der Waals surface area contributed by atoms with Gasteiger partial charge in [0.1, 0.15) is 0 Å². The van der Waals surface area contributed by atoms with E-state index in [0.29, 0.717) is 6.04 Å². The maximum atomic E-state index is 12.4. The second-order valence-electron chi connectivity index (χ2n) is 5.32. The van der Waals surface area contributed by atoms with Gasteiger partial charge in [0, 0.05) is 24.1 Å². The van der Waals surface area contributed by atoms with Crippen molar-refractivity contribution >= 4 is 21.8 Å². The number of nitrogens with one attached hydrogen (secondary N) is 1. The average molecular weight is 325 g/mol. The summed E-state index contributed by atoms with van der Waals surface area (Å²) in [6.07, 6.45) is 3.66. The molecule has 1 aliphatic heterocycles. The summed E-state index contributed by atoms with van der Waals surface area (Å²) in [5.41, 5.74) is 1.89. The largest absolute Gasteiger partial charge is 0.340 e. The van der Waals surface area contributed by atoms with Gasteiger partial charge in [0.15, 0.2) is 0 Å². The molecule has 1 aliphatic rings. The van der Waals surface area contributed by atoms with E-state index >= 15 is 0 Å². The predicted molar refractivity (Wildman–Crippen MR) is 81.5 cm³/mol. The van der Waals surface area contributed by atoms with Crippen LogP contribution in [0.1, 0.15) is 35.2 Å². The zero-order chi connectivity index (χ0) is 13.8. The second kappa shape index (κ2) is 6.53. The molecule has 104 valence electrons. The van der Waals surface area contributed by atoms with Crippen LogP contribution in [0.2, 0.25) is 0 Å². The smallest absolute Gasteiger partial charge is 0.254 e. The molecule has 1 amide bonds. The van der Waals surface area contributed by atoms with Crippen LogP contribution in [0.15, 0.2) is 22.7 Å². The van der Waals surface area contributed by atoms with Gasteiger partial charge in [0.2, 0.25) is 0 Å². The Labute approximate surface area is 123 Å². The van der Waals surface area contributed by atoms with E-state index in [0.717, 1.165) is 35.1 Å². The highest BCUT2D eigenvalue weighted by Gasteiger charge is 2.20. The Balaban J connectivity index is 2.01. The minimum Gasteiger partial charge on any atom is -0.340 e. The number of likely N-dealkylation sites (N-methyl/N-ethyl adjacent to an activating group) is 1. The summed E-state index contributed by atoms with van der Waals surface area (Å²) in [4.78, 5) is 14.2. The minimum absolute atomic E-state index is 0.0826. The van der Waals surface area contributed by atoms with Gasteiger partial charge in [-0.25, -0.2) is 0 Å². The van der Waals surface area contributed by atoms with Crippen LogP contribution in [0.3, 0.4) is 0 Å². The first-order valence-electron chi connectivity index (χ1n) is 6.83. The van der Waals surface area contributed by atoms with E-state index in [2.05, 4.69) is 21.2 Å². The maximum absolute atomic E-state index is 12.4. The summed E-state index contributed by atoms with van der Waals surface area (Å²) >= 11 is 3.48. The van der Waals surface area contributed by atoms with Gasteiger partial charge >= 0.3 is 0 Å². The molecule has 0 spiro atoms. The minimum atomic E-state index is 0.0826. The van der Waals surface area contributed by atoms with Gasteiger partial charge < -0.3 is 10.2 Å². The monoisotopic (exact) mass is 324 g/mol. The summed E-state index contributed by atoms with van der Waals surface area (Å²) in [7, 11) is 1.88. The predicted octanol–water partition coefficient (Wildman–Crippen LogP) is 2.97. The highest BCUT2D eigenvalue weighted by molar-refractivity contribution is 9.10. The number of piperidine rings is 1. The molecule has 19 heavy (non-hydrogen) atoms. The lowest BCUT2D eigenvalue weighted by molar-refractivity contribution is 0.0774. The highest BCUT2D eigenvalue weighted by Crippen LogP contribution is 2.20. The third-order valence-corrected chi connectivity index (χ3v) is 4.26. The Morgan fingerprint density at radius 3 is 2.89 bits per heavy atom. The molecule has 1 atom stereocenters. The van der Waals surface area contributed by atoms with Crippen molar-refractivity contribution in [3.63, 3.8) is 0 Å². The molecule has 1 saturated heterocycles. The molecule has 2 rings (SSSR count). The van der Waals surface area contributed by atoms with Gasteiger partial charge in [-0.15, -0.1) is 0 Å². The van der Waals surface area contributed by atoms with Crippen molar-refractivity contribution in [1.29, 1.82) is 0 Å². The molecular formula is C15H21BrN2O. The number of hydrogen-bond donors (Lipinski definition) is 1. The number of aryl methyl sites for hydroxylation is 1. The SMILES string of the molecule is Cc1ccc(C(=O)N(C)CC2CCCCN2)c(Br)c1. The van der Waals surface area contributed by atoms with Crippen LogP contribution in [-0.4, -0.2) is 37.0 Å². The Bertz CT molecular complexity index is 455. The molecular weight excluding hydrogens is 304 g/mol. The van der Waals surface area contributed by atoms with Crippen LogP contribution in [0.25, 0.3) is 0 Å². The number of nitrogens with zero attached hydrogens (tertiary/aromatic N) is 1. The number of benzene rings is 1. The van der Waals surface area contributed by atoms with Gasteiger partial charge in [-0.2, -0.15) is 0 Å². The number of hydrogen-bond acceptors (Lipinski definition) is 2. The summed E-state index contributed by atoms with van der Waals surface area (Å²) in [5.74, 6) is 0.0826. The van der Waals surface area contributed by atoms with Crippen molar-refractivity contribution in [1.82, 2.24) is 10.2 Å². The number of carbonyl (C=O) groups excluding carboxylic acids is 1. The maximum Gasteiger partial charge on any atom is 0.254 e. The van der Waals surface area contributed by atoms with Gasteiger partial charge in [-0.05, 0) is 59.9 Å². The summed E-state index contributed by atoms with van der Waals surface area (Å²) in [6.45, 7) is 3.87. The lowest BCUT2D eigenvalue weighted by Gasteiger charge is -2.28. The van der Waals surface area contributed by atoms with Crippen molar-refractivity contribution in [2.75, 3.05) is 20.1 Å². The van der Waals surface area contributed by atoms with E-state index in [1.54, 1.807) is 0 Å². The van der Waals surface area contributed by atoms with E-state index in [1.807, 2.05) is 37.1 Å². The van der Waals surface area contributed by atoms with Crippen molar-refractivity contribution in [3.05, 3.63) is 33.8 Å². The summed E-state index contributed by atoms with van der Waals surface area (Å²) in [5, 5.41) is 3.47. The zero-order valence-corrected chi connectivity index (χ0v) is 13.2. The van der Waals surface area contributed by atoms with Crippen LogP contribution in [0.4, 0.5) is 0 Å². The molecule has 0 aromatic heterocycles. The van der Waals surface area contributed by atoms with Crippen LogP contribution in [0, 0.1) is 6.92 Å². The van der Waals surface area contributed by atoms with Crippen LogP contribution < -0.4 is 5.32 Å². The van der Waals surface area contributed by atoms with E-state index < -0.39 is 0 Å². The first kappa shape index (κ1) is 14.5. The Morgan fingerprint density at radius 1 is 1.47 bits per heavy atom. The molecule has 0 bridgehead atoms. The van der Waals surface area contributed by atoms with Gasteiger partial charge in [-0.3, -0.25) is 4.79 Å². The molecule has 1 N–H and O–H groups in total. The molecule has 3 nitrogen and oxygen atoms in total. The quantitative estimate of drug-likeness (QED) is 0.927. The van der Waals surface area contributed by atoms with Gasteiger partial charge in [0.05, 0.1) is 5.56 Å². The van der Waals surface area contributed by atoms with Crippen molar-refractivity contribution in [2.24, 2.45) is 0 Å². The van der Waals surface area contributed by atoms with Gasteiger partial charge in [-0.1, -0.05) is 12.5 Å². The zero-order valence-electron chi connectivity index (χ0n) is 11.6. The molecule has 1 aromatic rings. The van der Waals surface area contributed by atoms with Crippen LogP contribution >= 0.6 is 15.9 Å². The summed E-state index contributed by atoms with van der Waals surface area (Å²) < 4.78 is 0.876.